The van der Waals surface area contributed by atoms with Crippen molar-refractivity contribution in [3.05, 3.63) is 0 Å². The first-order chi connectivity index (χ1) is 7.45. The van der Waals surface area contributed by atoms with E-state index in [0.717, 1.165) is 25.0 Å². The van der Waals surface area contributed by atoms with Gasteiger partial charge in [0.05, 0.1) is 6.26 Å². The molecule has 0 amide bonds. The average Bonchev–Trinajstić information content (AvgIpc) is 2.98. The van der Waals surface area contributed by atoms with Crippen molar-refractivity contribution in [3.8, 4) is 0 Å². The van der Waals surface area contributed by atoms with Crippen molar-refractivity contribution in [3.63, 3.8) is 0 Å². The van der Waals surface area contributed by atoms with Crippen LogP contribution in [0.3, 0.4) is 0 Å². The smallest absolute Gasteiger partial charge is 0.211 e. The summed E-state index contributed by atoms with van der Waals surface area (Å²) in [5.74, 6) is 0. The lowest BCUT2D eigenvalue weighted by Gasteiger charge is -2.35. The summed E-state index contributed by atoms with van der Waals surface area (Å²) in [6.45, 7) is 4.17. The van der Waals surface area contributed by atoms with Gasteiger partial charge in [0, 0.05) is 38.1 Å². The highest BCUT2D eigenvalue weighted by Crippen LogP contribution is 2.47. The standard InChI is InChI=1S/C10H19BrN2O2S/c1-16(14,15)13-6-4-12(5-7-13)9-10(8-11)2-3-10/h2-9H2,1H3. The number of sulfonamides is 1. The molecule has 0 N–H and O–H groups in total. The van der Waals surface area contributed by atoms with E-state index < -0.39 is 10.0 Å². The van der Waals surface area contributed by atoms with Crippen molar-refractivity contribution >= 4 is 26.0 Å². The van der Waals surface area contributed by atoms with Crippen LogP contribution in [0.4, 0.5) is 0 Å². The zero-order chi connectivity index (χ0) is 11.8. The summed E-state index contributed by atoms with van der Waals surface area (Å²) in [5.41, 5.74) is 0.493. The maximum atomic E-state index is 11.3. The molecule has 1 saturated heterocycles. The van der Waals surface area contributed by atoms with Crippen molar-refractivity contribution in [2.24, 2.45) is 5.41 Å². The minimum atomic E-state index is -2.99. The van der Waals surface area contributed by atoms with Gasteiger partial charge in [-0.25, -0.2) is 8.42 Å². The molecule has 6 heteroatoms. The van der Waals surface area contributed by atoms with Gasteiger partial charge in [0.25, 0.3) is 0 Å². The lowest BCUT2D eigenvalue weighted by atomic mass is 10.1. The second-order valence-electron chi connectivity index (χ2n) is 5.07. The fraction of sp³-hybridized carbons (Fsp3) is 1.00. The molecule has 0 spiro atoms. The highest BCUT2D eigenvalue weighted by molar-refractivity contribution is 9.09. The maximum absolute atomic E-state index is 11.3. The lowest BCUT2D eigenvalue weighted by molar-refractivity contribution is 0.164. The fourth-order valence-corrected chi connectivity index (χ4v) is 3.77. The molecule has 1 aliphatic heterocycles. The lowest BCUT2D eigenvalue weighted by Crippen LogP contribution is -2.49. The van der Waals surface area contributed by atoms with Gasteiger partial charge in [0.1, 0.15) is 0 Å². The third kappa shape index (κ3) is 2.97. The first-order valence-corrected chi connectivity index (χ1v) is 8.66. The van der Waals surface area contributed by atoms with Gasteiger partial charge in [-0.1, -0.05) is 15.9 Å². The van der Waals surface area contributed by atoms with Gasteiger partial charge < -0.3 is 4.90 Å². The highest BCUT2D eigenvalue weighted by atomic mass is 79.9. The summed E-state index contributed by atoms with van der Waals surface area (Å²) in [4.78, 5) is 2.40. The Bertz CT molecular complexity index is 346. The number of halogens is 1. The first kappa shape index (κ1) is 12.8. The van der Waals surface area contributed by atoms with Crippen LogP contribution in [-0.2, 0) is 10.0 Å². The van der Waals surface area contributed by atoms with E-state index in [-0.39, 0.29) is 0 Å². The predicted octanol–water partition coefficient (Wildman–Crippen LogP) is 0.739. The van der Waals surface area contributed by atoms with Crippen LogP contribution >= 0.6 is 15.9 Å². The minimum Gasteiger partial charge on any atom is -0.300 e. The van der Waals surface area contributed by atoms with E-state index >= 15 is 0 Å². The van der Waals surface area contributed by atoms with Gasteiger partial charge in [-0.3, -0.25) is 0 Å². The van der Waals surface area contributed by atoms with Gasteiger partial charge in [0.15, 0.2) is 0 Å². The molecule has 16 heavy (non-hydrogen) atoms. The molecule has 1 saturated carbocycles. The fourth-order valence-electron chi connectivity index (χ4n) is 2.20. The molecule has 2 fully saturated rings. The average molecular weight is 311 g/mol. The Balaban J connectivity index is 1.82. The summed E-state index contributed by atoms with van der Waals surface area (Å²) in [6.07, 6.45) is 3.92. The number of nitrogens with zero attached hydrogens (tertiary/aromatic N) is 2. The molecule has 0 aromatic rings. The Morgan fingerprint density at radius 3 is 2.12 bits per heavy atom. The van der Waals surface area contributed by atoms with E-state index in [4.69, 9.17) is 0 Å². The molecule has 0 bridgehead atoms. The van der Waals surface area contributed by atoms with Gasteiger partial charge >= 0.3 is 0 Å². The second kappa shape index (κ2) is 4.55. The molecule has 4 nitrogen and oxygen atoms in total. The van der Waals surface area contributed by atoms with Crippen LogP contribution < -0.4 is 0 Å². The molecular weight excluding hydrogens is 292 g/mol. The highest BCUT2D eigenvalue weighted by Gasteiger charge is 2.43. The van der Waals surface area contributed by atoms with Crippen molar-refractivity contribution in [2.75, 3.05) is 44.3 Å². The van der Waals surface area contributed by atoms with E-state index in [2.05, 4.69) is 20.8 Å². The molecule has 0 atom stereocenters. The quantitative estimate of drug-likeness (QED) is 0.719. The monoisotopic (exact) mass is 310 g/mol. The molecule has 94 valence electrons. The van der Waals surface area contributed by atoms with Gasteiger partial charge in [-0.15, -0.1) is 0 Å². The normalized spacial score (nSPS) is 26.9. The summed E-state index contributed by atoms with van der Waals surface area (Å²) < 4.78 is 24.3. The predicted molar refractivity (Wildman–Crippen MR) is 68.3 cm³/mol. The summed E-state index contributed by atoms with van der Waals surface area (Å²) in [6, 6.07) is 0. The van der Waals surface area contributed by atoms with Crippen LogP contribution in [0.25, 0.3) is 0 Å². The van der Waals surface area contributed by atoms with Crippen LogP contribution in [0.2, 0.25) is 0 Å². The SMILES string of the molecule is CS(=O)(=O)N1CCN(CC2(CBr)CC2)CC1. The molecule has 1 heterocycles. The topological polar surface area (TPSA) is 40.6 Å². The Kier molecular flexibility index (Phi) is 3.64. The molecular formula is C10H19BrN2O2S. The molecule has 0 radical (unpaired) electrons. The zero-order valence-electron chi connectivity index (χ0n) is 9.65. The van der Waals surface area contributed by atoms with Crippen LogP contribution in [0.15, 0.2) is 0 Å². The first-order valence-electron chi connectivity index (χ1n) is 5.69. The third-order valence-electron chi connectivity index (χ3n) is 3.60. The van der Waals surface area contributed by atoms with E-state index in [1.54, 1.807) is 4.31 Å². The van der Waals surface area contributed by atoms with E-state index in [1.807, 2.05) is 0 Å². The maximum Gasteiger partial charge on any atom is 0.211 e. The van der Waals surface area contributed by atoms with Crippen LogP contribution in [0.5, 0.6) is 0 Å². The second-order valence-corrected chi connectivity index (χ2v) is 7.61. The van der Waals surface area contributed by atoms with E-state index in [9.17, 15) is 8.42 Å². The van der Waals surface area contributed by atoms with Crippen LogP contribution in [0.1, 0.15) is 12.8 Å². The summed E-state index contributed by atoms with van der Waals surface area (Å²) >= 11 is 3.57. The Morgan fingerprint density at radius 2 is 1.75 bits per heavy atom. The van der Waals surface area contributed by atoms with Crippen molar-refractivity contribution in [1.29, 1.82) is 0 Å². The molecule has 1 aliphatic carbocycles. The Hall–Kier alpha value is 0.350. The number of rotatable bonds is 4. The van der Waals surface area contributed by atoms with E-state index in [0.29, 0.717) is 18.5 Å². The number of alkyl halides is 1. The van der Waals surface area contributed by atoms with Crippen molar-refractivity contribution in [2.45, 2.75) is 12.8 Å². The number of piperazine rings is 1. The molecule has 0 aromatic heterocycles. The molecule has 2 rings (SSSR count). The van der Waals surface area contributed by atoms with Gasteiger partial charge in [0.2, 0.25) is 10.0 Å². The van der Waals surface area contributed by atoms with Crippen LogP contribution in [-0.4, -0.2) is 61.9 Å². The minimum absolute atomic E-state index is 0.493. The van der Waals surface area contributed by atoms with E-state index in [1.165, 1.54) is 19.1 Å². The zero-order valence-corrected chi connectivity index (χ0v) is 12.1. The summed E-state index contributed by atoms with van der Waals surface area (Å²) in [5, 5.41) is 1.08. The van der Waals surface area contributed by atoms with Crippen LogP contribution in [0, 0.1) is 5.41 Å². The van der Waals surface area contributed by atoms with Crippen molar-refractivity contribution in [1.82, 2.24) is 9.21 Å². The summed E-state index contributed by atoms with van der Waals surface area (Å²) in [7, 11) is -2.99. The van der Waals surface area contributed by atoms with Crippen molar-refractivity contribution < 1.29 is 8.42 Å². The number of hydrogen-bond donors (Lipinski definition) is 0. The number of hydrogen-bond acceptors (Lipinski definition) is 3. The molecule has 0 aromatic carbocycles. The third-order valence-corrected chi connectivity index (χ3v) is 6.09. The Morgan fingerprint density at radius 1 is 1.19 bits per heavy atom. The molecule has 0 unspecified atom stereocenters. The van der Waals surface area contributed by atoms with Gasteiger partial charge in [-0.2, -0.15) is 4.31 Å². The molecule has 2 aliphatic rings. The Labute approximate surface area is 106 Å². The van der Waals surface area contributed by atoms with Gasteiger partial charge in [-0.05, 0) is 18.3 Å². The largest absolute Gasteiger partial charge is 0.300 e.